The molecule has 2 aromatic rings. The van der Waals surface area contributed by atoms with Crippen molar-refractivity contribution in [3.05, 3.63) is 51.8 Å². The second-order valence-electron chi connectivity index (χ2n) is 4.69. The number of aryl methyl sites for hydroxylation is 1. The first kappa shape index (κ1) is 16.0. The van der Waals surface area contributed by atoms with Crippen molar-refractivity contribution in [3.63, 3.8) is 0 Å². The van der Waals surface area contributed by atoms with Gasteiger partial charge in [-0.15, -0.1) is 0 Å². The second-order valence-corrected chi connectivity index (χ2v) is 5.55. The Balaban J connectivity index is 2.40. The van der Waals surface area contributed by atoms with Crippen molar-refractivity contribution >= 4 is 15.9 Å². The molecule has 0 saturated carbocycles. The number of aromatic nitrogens is 2. The zero-order valence-corrected chi connectivity index (χ0v) is 12.9. The van der Waals surface area contributed by atoms with E-state index in [-0.39, 0.29) is 4.47 Å². The van der Waals surface area contributed by atoms with Crippen molar-refractivity contribution < 1.29 is 13.2 Å². The SMILES string of the molecule is CCCn1nccc1C(N)c1ccc(Br)c(C(F)(F)F)c1. The average Bonchev–Trinajstić information content (AvgIpc) is 2.86. The van der Waals surface area contributed by atoms with Crippen molar-refractivity contribution in [1.29, 1.82) is 0 Å². The van der Waals surface area contributed by atoms with Crippen LogP contribution in [0.3, 0.4) is 0 Å². The van der Waals surface area contributed by atoms with Crippen LogP contribution in [0.4, 0.5) is 13.2 Å². The van der Waals surface area contributed by atoms with Crippen LogP contribution < -0.4 is 5.73 Å². The quantitative estimate of drug-likeness (QED) is 0.889. The van der Waals surface area contributed by atoms with E-state index in [1.54, 1.807) is 23.0 Å². The Morgan fingerprint density at radius 1 is 1.33 bits per heavy atom. The minimum atomic E-state index is -4.42. The summed E-state index contributed by atoms with van der Waals surface area (Å²) in [5.74, 6) is 0. The van der Waals surface area contributed by atoms with Gasteiger partial charge in [0.05, 0.1) is 17.3 Å². The number of nitrogens with two attached hydrogens (primary N) is 1. The Bertz CT molecular complexity index is 622. The molecule has 1 atom stereocenters. The van der Waals surface area contributed by atoms with Gasteiger partial charge in [-0.05, 0) is 30.2 Å². The predicted molar refractivity (Wildman–Crippen MR) is 77.7 cm³/mol. The van der Waals surface area contributed by atoms with Gasteiger partial charge in [0.2, 0.25) is 0 Å². The minimum Gasteiger partial charge on any atom is -0.319 e. The van der Waals surface area contributed by atoms with E-state index in [0.717, 1.165) is 12.5 Å². The number of benzene rings is 1. The molecule has 0 saturated heterocycles. The van der Waals surface area contributed by atoms with E-state index in [0.29, 0.717) is 17.8 Å². The normalized spacial score (nSPS) is 13.4. The molecular weight excluding hydrogens is 347 g/mol. The Morgan fingerprint density at radius 2 is 2.05 bits per heavy atom. The lowest BCUT2D eigenvalue weighted by Crippen LogP contribution is -2.18. The highest BCUT2D eigenvalue weighted by molar-refractivity contribution is 9.10. The topological polar surface area (TPSA) is 43.8 Å². The number of hydrogen-bond acceptors (Lipinski definition) is 2. The van der Waals surface area contributed by atoms with Gasteiger partial charge in [-0.25, -0.2) is 0 Å². The van der Waals surface area contributed by atoms with Crippen LogP contribution in [-0.4, -0.2) is 9.78 Å². The van der Waals surface area contributed by atoms with Crippen molar-refractivity contribution in [3.8, 4) is 0 Å². The zero-order chi connectivity index (χ0) is 15.6. The summed E-state index contributed by atoms with van der Waals surface area (Å²) in [6, 6.07) is 5.13. The molecule has 1 aromatic carbocycles. The molecule has 0 amide bonds. The fourth-order valence-electron chi connectivity index (χ4n) is 2.13. The van der Waals surface area contributed by atoms with Crippen LogP contribution in [0.1, 0.15) is 36.2 Å². The maximum absolute atomic E-state index is 12.9. The molecule has 21 heavy (non-hydrogen) atoms. The highest BCUT2D eigenvalue weighted by atomic mass is 79.9. The van der Waals surface area contributed by atoms with E-state index in [2.05, 4.69) is 21.0 Å². The molecule has 0 fully saturated rings. The lowest BCUT2D eigenvalue weighted by Gasteiger charge is -2.17. The van der Waals surface area contributed by atoms with Gasteiger partial charge in [0.1, 0.15) is 0 Å². The van der Waals surface area contributed by atoms with E-state index in [1.165, 1.54) is 6.07 Å². The van der Waals surface area contributed by atoms with Crippen LogP contribution in [0.2, 0.25) is 0 Å². The maximum atomic E-state index is 12.9. The molecule has 0 bridgehead atoms. The van der Waals surface area contributed by atoms with Gasteiger partial charge in [-0.1, -0.05) is 28.9 Å². The van der Waals surface area contributed by atoms with Gasteiger partial charge in [0, 0.05) is 17.2 Å². The third-order valence-electron chi connectivity index (χ3n) is 3.16. The summed E-state index contributed by atoms with van der Waals surface area (Å²) in [5, 5.41) is 4.15. The summed E-state index contributed by atoms with van der Waals surface area (Å²) in [7, 11) is 0. The molecule has 1 unspecified atom stereocenters. The van der Waals surface area contributed by atoms with Gasteiger partial charge in [0.25, 0.3) is 0 Å². The summed E-state index contributed by atoms with van der Waals surface area (Å²) in [4.78, 5) is 0. The van der Waals surface area contributed by atoms with Gasteiger partial charge in [-0.2, -0.15) is 18.3 Å². The fraction of sp³-hybridized carbons (Fsp3) is 0.357. The molecule has 114 valence electrons. The molecule has 3 nitrogen and oxygen atoms in total. The molecule has 0 spiro atoms. The first-order valence-electron chi connectivity index (χ1n) is 6.48. The van der Waals surface area contributed by atoms with E-state index in [4.69, 9.17) is 5.73 Å². The van der Waals surface area contributed by atoms with Crippen molar-refractivity contribution in [1.82, 2.24) is 9.78 Å². The highest BCUT2D eigenvalue weighted by Crippen LogP contribution is 2.36. The third-order valence-corrected chi connectivity index (χ3v) is 3.85. The van der Waals surface area contributed by atoms with Crippen molar-refractivity contribution in [2.75, 3.05) is 0 Å². The largest absolute Gasteiger partial charge is 0.417 e. The summed E-state index contributed by atoms with van der Waals surface area (Å²) in [6.45, 7) is 2.68. The van der Waals surface area contributed by atoms with E-state index >= 15 is 0 Å². The molecule has 0 radical (unpaired) electrons. The van der Waals surface area contributed by atoms with Gasteiger partial charge < -0.3 is 5.73 Å². The highest BCUT2D eigenvalue weighted by Gasteiger charge is 2.33. The van der Waals surface area contributed by atoms with Gasteiger partial charge in [-0.3, -0.25) is 4.68 Å². The number of alkyl halides is 3. The van der Waals surface area contributed by atoms with Gasteiger partial charge >= 0.3 is 6.18 Å². The molecule has 0 aliphatic rings. The van der Waals surface area contributed by atoms with Crippen molar-refractivity contribution in [2.45, 2.75) is 32.1 Å². The van der Waals surface area contributed by atoms with Crippen LogP contribution >= 0.6 is 15.9 Å². The number of rotatable bonds is 4. The molecule has 0 aliphatic heterocycles. The summed E-state index contributed by atoms with van der Waals surface area (Å²) >= 11 is 2.93. The average molecular weight is 362 g/mol. The molecule has 7 heteroatoms. The maximum Gasteiger partial charge on any atom is 0.417 e. The van der Waals surface area contributed by atoms with Crippen LogP contribution in [0.15, 0.2) is 34.9 Å². The number of halogens is 4. The second kappa shape index (κ2) is 6.19. The van der Waals surface area contributed by atoms with E-state index in [1.807, 2.05) is 6.92 Å². The number of hydrogen-bond donors (Lipinski definition) is 1. The summed E-state index contributed by atoms with van der Waals surface area (Å²) < 4.78 is 40.6. The van der Waals surface area contributed by atoms with Crippen LogP contribution in [0, 0.1) is 0 Å². The summed E-state index contributed by atoms with van der Waals surface area (Å²) in [6.07, 6.45) is -1.94. The molecule has 2 rings (SSSR count). The first-order chi connectivity index (χ1) is 9.84. The first-order valence-corrected chi connectivity index (χ1v) is 7.27. The smallest absolute Gasteiger partial charge is 0.319 e. The lowest BCUT2D eigenvalue weighted by atomic mass is 10.0. The predicted octanol–water partition coefficient (Wildman–Crippen LogP) is 4.12. The third kappa shape index (κ3) is 3.47. The van der Waals surface area contributed by atoms with Gasteiger partial charge in [0.15, 0.2) is 0 Å². The number of nitrogens with zero attached hydrogens (tertiary/aromatic N) is 2. The van der Waals surface area contributed by atoms with Crippen LogP contribution in [0.25, 0.3) is 0 Å². The fourth-order valence-corrected chi connectivity index (χ4v) is 2.60. The summed E-state index contributed by atoms with van der Waals surface area (Å²) in [5.41, 5.74) is 6.49. The van der Waals surface area contributed by atoms with Crippen LogP contribution in [-0.2, 0) is 12.7 Å². The van der Waals surface area contributed by atoms with E-state index < -0.39 is 17.8 Å². The Morgan fingerprint density at radius 3 is 2.67 bits per heavy atom. The zero-order valence-electron chi connectivity index (χ0n) is 11.4. The van der Waals surface area contributed by atoms with Crippen molar-refractivity contribution in [2.24, 2.45) is 5.73 Å². The molecule has 1 aromatic heterocycles. The Kier molecular flexibility index (Phi) is 4.73. The molecular formula is C14H15BrF3N3. The molecule has 0 aliphatic carbocycles. The minimum absolute atomic E-state index is 0.00742. The Labute approximate surface area is 129 Å². The molecule has 2 N–H and O–H groups in total. The molecule has 1 heterocycles. The monoisotopic (exact) mass is 361 g/mol. The lowest BCUT2D eigenvalue weighted by molar-refractivity contribution is -0.138. The van der Waals surface area contributed by atoms with E-state index in [9.17, 15) is 13.2 Å². The standard InChI is InChI=1S/C14H15BrF3N3/c1-2-7-21-12(5-6-20-21)13(19)9-3-4-11(15)10(8-9)14(16,17)18/h3-6,8,13H,2,7,19H2,1H3. The van der Waals surface area contributed by atoms with Crippen LogP contribution in [0.5, 0.6) is 0 Å². The Hall–Kier alpha value is -1.34.